The summed E-state index contributed by atoms with van der Waals surface area (Å²) in [5.41, 5.74) is 2.77. The van der Waals surface area contributed by atoms with E-state index in [2.05, 4.69) is 14.6 Å². The van der Waals surface area contributed by atoms with Crippen LogP contribution in [0.25, 0.3) is 11.3 Å². The van der Waals surface area contributed by atoms with E-state index in [1.54, 1.807) is 0 Å². The summed E-state index contributed by atoms with van der Waals surface area (Å²) in [7, 11) is 0. The van der Waals surface area contributed by atoms with Crippen molar-refractivity contribution in [1.82, 2.24) is 14.6 Å². The zero-order valence-corrected chi connectivity index (χ0v) is 13.1. The monoisotopic (exact) mass is 315 g/mol. The van der Waals surface area contributed by atoms with Crippen molar-refractivity contribution in [3.63, 3.8) is 0 Å². The van der Waals surface area contributed by atoms with E-state index in [9.17, 15) is 4.79 Å². The molecule has 3 aromatic rings. The Kier molecular flexibility index (Phi) is 4.17. The highest BCUT2D eigenvalue weighted by Crippen LogP contribution is 2.23. The number of aryl methyl sites for hydroxylation is 1. The van der Waals surface area contributed by atoms with E-state index < -0.39 is 0 Å². The number of hydrogen-bond donors (Lipinski definition) is 0. The molecular weight excluding hydrogens is 302 g/mol. The Morgan fingerprint density at radius 1 is 1.24 bits per heavy atom. The van der Waals surface area contributed by atoms with Gasteiger partial charge in [0.2, 0.25) is 0 Å². The van der Waals surface area contributed by atoms with E-state index in [0.717, 1.165) is 28.4 Å². The molecule has 106 valence electrons. The molecule has 4 nitrogen and oxygen atoms in total. The van der Waals surface area contributed by atoms with Crippen molar-refractivity contribution in [2.24, 2.45) is 0 Å². The highest BCUT2D eigenvalue weighted by molar-refractivity contribution is 7.10. The molecule has 0 radical (unpaired) electrons. The molecule has 21 heavy (non-hydrogen) atoms. The van der Waals surface area contributed by atoms with E-state index in [1.807, 2.05) is 42.6 Å². The standard InChI is InChI=1S/C15H13N3OS2/c1-2-11-15(21-18-17-11)13(19)8-14-16-12(9-20-14)10-6-4-3-5-7-10/h3-7,9H,2,8H2,1H3. The van der Waals surface area contributed by atoms with Crippen LogP contribution in [0.2, 0.25) is 0 Å². The average molecular weight is 315 g/mol. The lowest BCUT2D eigenvalue weighted by molar-refractivity contribution is 0.0996. The van der Waals surface area contributed by atoms with Gasteiger partial charge in [-0.05, 0) is 18.0 Å². The molecule has 0 saturated carbocycles. The Morgan fingerprint density at radius 2 is 2.05 bits per heavy atom. The van der Waals surface area contributed by atoms with Gasteiger partial charge in [0.05, 0.1) is 17.8 Å². The van der Waals surface area contributed by atoms with Gasteiger partial charge < -0.3 is 0 Å². The predicted octanol–water partition coefficient (Wildman–Crippen LogP) is 3.65. The van der Waals surface area contributed by atoms with Gasteiger partial charge in [-0.25, -0.2) is 4.98 Å². The van der Waals surface area contributed by atoms with Crippen molar-refractivity contribution in [2.75, 3.05) is 0 Å². The molecule has 0 saturated heterocycles. The first-order valence-corrected chi connectivity index (χ1v) is 8.27. The summed E-state index contributed by atoms with van der Waals surface area (Å²) >= 11 is 2.69. The predicted molar refractivity (Wildman–Crippen MR) is 84.9 cm³/mol. The molecule has 0 aliphatic rings. The molecule has 0 bridgehead atoms. The highest BCUT2D eigenvalue weighted by atomic mass is 32.1. The maximum absolute atomic E-state index is 12.3. The maximum atomic E-state index is 12.3. The van der Waals surface area contributed by atoms with Crippen LogP contribution >= 0.6 is 22.9 Å². The van der Waals surface area contributed by atoms with Crippen LogP contribution in [0.4, 0.5) is 0 Å². The lowest BCUT2D eigenvalue weighted by Crippen LogP contribution is -2.04. The fraction of sp³-hybridized carbons (Fsp3) is 0.200. The molecule has 0 N–H and O–H groups in total. The molecule has 0 atom stereocenters. The Morgan fingerprint density at radius 3 is 2.81 bits per heavy atom. The molecule has 0 spiro atoms. The van der Waals surface area contributed by atoms with Gasteiger partial charge in [-0.1, -0.05) is 41.7 Å². The molecule has 1 aromatic carbocycles. The number of carbonyl (C=O) groups excluding carboxylic acids is 1. The SMILES string of the molecule is CCc1nnsc1C(=O)Cc1nc(-c2ccccc2)cs1. The minimum Gasteiger partial charge on any atom is -0.293 e. The average Bonchev–Trinajstić information content (AvgIpc) is 3.16. The lowest BCUT2D eigenvalue weighted by Gasteiger charge is -1.97. The molecule has 0 amide bonds. The third kappa shape index (κ3) is 3.06. The summed E-state index contributed by atoms with van der Waals surface area (Å²) in [6.07, 6.45) is 1.04. The van der Waals surface area contributed by atoms with Crippen LogP contribution in [0.15, 0.2) is 35.7 Å². The second-order valence-corrected chi connectivity index (χ2v) is 6.19. The third-order valence-electron chi connectivity index (χ3n) is 3.08. The van der Waals surface area contributed by atoms with Gasteiger partial charge in [0, 0.05) is 10.9 Å². The maximum Gasteiger partial charge on any atom is 0.183 e. The van der Waals surface area contributed by atoms with Gasteiger partial charge in [0.1, 0.15) is 9.88 Å². The van der Waals surface area contributed by atoms with Gasteiger partial charge in [0.25, 0.3) is 0 Å². The first-order valence-electron chi connectivity index (χ1n) is 6.62. The van der Waals surface area contributed by atoms with Crippen molar-refractivity contribution in [3.05, 3.63) is 51.3 Å². The Labute approximate surface area is 130 Å². The molecular formula is C15H13N3OS2. The number of aromatic nitrogens is 3. The highest BCUT2D eigenvalue weighted by Gasteiger charge is 2.17. The number of rotatable bonds is 5. The van der Waals surface area contributed by atoms with E-state index in [4.69, 9.17) is 0 Å². The van der Waals surface area contributed by atoms with Gasteiger partial charge in [-0.2, -0.15) is 0 Å². The molecule has 2 heterocycles. The second kappa shape index (κ2) is 6.24. The minimum absolute atomic E-state index is 0.0517. The van der Waals surface area contributed by atoms with Crippen LogP contribution < -0.4 is 0 Å². The number of ketones is 1. The zero-order valence-electron chi connectivity index (χ0n) is 11.4. The fourth-order valence-corrected chi connectivity index (χ4v) is 3.49. The largest absolute Gasteiger partial charge is 0.293 e. The van der Waals surface area contributed by atoms with Crippen LogP contribution in [-0.4, -0.2) is 20.4 Å². The van der Waals surface area contributed by atoms with E-state index in [1.165, 1.54) is 22.9 Å². The van der Waals surface area contributed by atoms with Crippen molar-refractivity contribution >= 4 is 28.7 Å². The first-order chi connectivity index (χ1) is 10.3. The smallest absolute Gasteiger partial charge is 0.183 e. The molecule has 0 fully saturated rings. The van der Waals surface area contributed by atoms with E-state index >= 15 is 0 Å². The van der Waals surface area contributed by atoms with E-state index in [0.29, 0.717) is 11.3 Å². The van der Waals surface area contributed by atoms with Crippen LogP contribution in [0.1, 0.15) is 27.3 Å². The first kappa shape index (κ1) is 14.0. The Hall–Kier alpha value is -1.92. The van der Waals surface area contributed by atoms with Gasteiger partial charge in [-0.3, -0.25) is 4.79 Å². The summed E-state index contributed by atoms with van der Waals surface area (Å²) in [5, 5.41) is 6.80. The van der Waals surface area contributed by atoms with Crippen LogP contribution in [0.5, 0.6) is 0 Å². The fourth-order valence-electron chi connectivity index (χ4n) is 2.00. The minimum atomic E-state index is 0.0517. The quantitative estimate of drug-likeness (QED) is 0.674. The number of benzene rings is 1. The normalized spacial score (nSPS) is 10.7. The van der Waals surface area contributed by atoms with Crippen LogP contribution in [0.3, 0.4) is 0 Å². The number of nitrogens with zero attached hydrogens (tertiary/aromatic N) is 3. The van der Waals surface area contributed by atoms with Gasteiger partial charge in [0.15, 0.2) is 5.78 Å². The Balaban J connectivity index is 1.77. The van der Waals surface area contributed by atoms with Crippen LogP contribution in [0, 0.1) is 0 Å². The molecule has 0 aliphatic carbocycles. The molecule has 0 aliphatic heterocycles. The van der Waals surface area contributed by atoms with Crippen molar-refractivity contribution in [3.8, 4) is 11.3 Å². The summed E-state index contributed by atoms with van der Waals surface area (Å²) in [6.45, 7) is 1.98. The molecule has 6 heteroatoms. The number of thiazole rings is 1. The van der Waals surface area contributed by atoms with Crippen molar-refractivity contribution in [2.45, 2.75) is 19.8 Å². The Bertz CT molecular complexity index is 749. The lowest BCUT2D eigenvalue weighted by atomic mass is 10.2. The topological polar surface area (TPSA) is 55.7 Å². The second-order valence-electron chi connectivity index (χ2n) is 4.49. The van der Waals surface area contributed by atoms with Crippen LogP contribution in [-0.2, 0) is 12.8 Å². The summed E-state index contributed by atoms with van der Waals surface area (Å²) in [6, 6.07) is 9.97. The van der Waals surface area contributed by atoms with Crippen molar-refractivity contribution in [1.29, 1.82) is 0 Å². The number of hydrogen-bond acceptors (Lipinski definition) is 6. The number of Topliss-reactive ketones (excluding diaryl/α,β-unsaturated/α-hetero) is 1. The molecule has 2 aromatic heterocycles. The summed E-state index contributed by atoms with van der Waals surface area (Å²) in [4.78, 5) is 17.5. The van der Waals surface area contributed by atoms with Gasteiger partial charge in [-0.15, -0.1) is 16.4 Å². The third-order valence-corrected chi connectivity index (χ3v) is 4.73. The summed E-state index contributed by atoms with van der Waals surface area (Å²) in [5.74, 6) is 0.0517. The van der Waals surface area contributed by atoms with E-state index in [-0.39, 0.29) is 5.78 Å². The summed E-state index contributed by atoms with van der Waals surface area (Å²) < 4.78 is 3.86. The molecule has 3 rings (SSSR count). The number of carbonyl (C=O) groups is 1. The van der Waals surface area contributed by atoms with Crippen molar-refractivity contribution < 1.29 is 4.79 Å². The zero-order chi connectivity index (χ0) is 14.7. The molecule has 0 unspecified atom stereocenters. The van der Waals surface area contributed by atoms with Gasteiger partial charge >= 0.3 is 0 Å².